The van der Waals surface area contributed by atoms with Crippen molar-refractivity contribution in [2.75, 3.05) is 20.1 Å². The van der Waals surface area contributed by atoms with Gasteiger partial charge in [-0.05, 0) is 49.3 Å². The molecule has 1 saturated carbocycles. The third kappa shape index (κ3) is 3.91. The number of hydrogen-bond acceptors (Lipinski definition) is 3. The van der Waals surface area contributed by atoms with E-state index in [1.54, 1.807) is 13.2 Å². The number of benzene rings is 1. The van der Waals surface area contributed by atoms with E-state index in [1.165, 1.54) is 0 Å². The first kappa shape index (κ1) is 19.6. The lowest BCUT2D eigenvalue weighted by atomic mass is 9.72. The van der Waals surface area contributed by atoms with Crippen molar-refractivity contribution in [2.45, 2.75) is 38.5 Å². The standard InChI is InChI=1S/C24H29N3O2/c1-25-23(29)24(12-6-14-27(17-24)22(28)18-8-4-9-18)15-19-7-2-3-11-21(19)20-10-5-13-26-16-20/h2-3,5,7,10-11,13,16,18H,4,6,8-9,12,14-15,17H2,1H3,(H,25,29)/t24-/m0/s1. The second kappa shape index (κ2) is 8.36. The molecular weight excluding hydrogens is 362 g/mol. The van der Waals surface area contributed by atoms with E-state index in [2.05, 4.69) is 22.4 Å². The number of carbonyl (C=O) groups is 2. The van der Waals surface area contributed by atoms with Crippen LogP contribution in [0, 0.1) is 11.3 Å². The number of piperidine rings is 1. The predicted molar refractivity (Wildman–Crippen MR) is 113 cm³/mol. The number of aromatic nitrogens is 1. The Hall–Kier alpha value is -2.69. The molecule has 0 spiro atoms. The molecule has 1 atom stereocenters. The molecule has 2 heterocycles. The number of likely N-dealkylation sites (tertiary alicyclic amines) is 1. The van der Waals surface area contributed by atoms with Gasteiger partial charge >= 0.3 is 0 Å². The average Bonchev–Trinajstić information content (AvgIpc) is 2.73. The van der Waals surface area contributed by atoms with Crippen LogP contribution in [0.5, 0.6) is 0 Å². The van der Waals surface area contributed by atoms with E-state index >= 15 is 0 Å². The summed E-state index contributed by atoms with van der Waals surface area (Å²) in [6.07, 6.45) is 9.03. The van der Waals surface area contributed by atoms with Crippen LogP contribution in [0.2, 0.25) is 0 Å². The molecule has 1 saturated heterocycles. The molecule has 0 unspecified atom stereocenters. The highest BCUT2D eigenvalue weighted by Gasteiger charge is 2.44. The van der Waals surface area contributed by atoms with Crippen LogP contribution in [0.4, 0.5) is 0 Å². The number of hydrogen-bond donors (Lipinski definition) is 1. The van der Waals surface area contributed by atoms with Crippen LogP contribution in [0.15, 0.2) is 48.8 Å². The van der Waals surface area contributed by atoms with E-state index in [9.17, 15) is 9.59 Å². The summed E-state index contributed by atoms with van der Waals surface area (Å²) in [5, 5.41) is 2.88. The summed E-state index contributed by atoms with van der Waals surface area (Å²) >= 11 is 0. The van der Waals surface area contributed by atoms with Crippen LogP contribution >= 0.6 is 0 Å². The van der Waals surface area contributed by atoms with Crippen molar-refractivity contribution in [3.63, 3.8) is 0 Å². The monoisotopic (exact) mass is 391 g/mol. The largest absolute Gasteiger partial charge is 0.359 e. The Morgan fingerprint density at radius 2 is 2.00 bits per heavy atom. The van der Waals surface area contributed by atoms with Crippen molar-refractivity contribution in [3.05, 3.63) is 54.4 Å². The molecule has 2 fully saturated rings. The van der Waals surface area contributed by atoms with Gasteiger partial charge in [0.2, 0.25) is 11.8 Å². The van der Waals surface area contributed by atoms with E-state index in [0.29, 0.717) is 13.0 Å². The minimum atomic E-state index is -0.593. The van der Waals surface area contributed by atoms with Gasteiger partial charge in [-0.1, -0.05) is 36.8 Å². The van der Waals surface area contributed by atoms with Gasteiger partial charge in [-0.2, -0.15) is 0 Å². The highest BCUT2D eigenvalue weighted by atomic mass is 16.2. The lowest BCUT2D eigenvalue weighted by Crippen LogP contribution is -2.55. The fourth-order valence-corrected chi connectivity index (χ4v) is 4.75. The molecule has 2 aliphatic rings. The second-order valence-corrected chi connectivity index (χ2v) is 8.43. The molecule has 2 aromatic rings. The summed E-state index contributed by atoms with van der Waals surface area (Å²) in [4.78, 5) is 32.2. The van der Waals surface area contributed by atoms with Crippen molar-refractivity contribution in [3.8, 4) is 11.1 Å². The normalized spacial score (nSPS) is 22.0. The lowest BCUT2D eigenvalue weighted by molar-refractivity contribution is -0.146. The van der Waals surface area contributed by atoms with Gasteiger partial charge in [0.25, 0.3) is 0 Å². The summed E-state index contributed by atoms with van der Waals surface area (Å²) in [6.45, 7) is 1.27. The fraction of sp³-hybridized carbons (Fsp3) is 0.458. The van der Waals surface area contributed by atoms with E-state index in [1.807, 2.05) is 35.4 Å². The van der Waals surface area contributed by atoms with Crippen LogP contribution < -0.4 is 5.32 Å². The first-order valence-corrected chi connectivity index (χ1v) is 10.6. The van der Waals surface area contributed by atoms with Gasteiger partial charge in [0.15, 0.2) is 0 Å². The van der Waals surface area contributed by atoms with Crippen LogP contribution in [0.25, 0.3) is 11.1 Å². The van der Waals surface area contributed by atoms with Crippen molar-refractivity contribution < 1.29 is 9.59 Å². The predicted octanol–water partition coefficient (Wildman–Crippen LogP) is 3.45. The Bertz CT molecular complexity index is 879. The third-order valence-corrected chi connectivity index (χ3v) is 6.57. The van der Waals surface area contributed by atoms with Crippen molar-refractivity contribution in [1.29, 1.82) is 0 Å². The number of amides is 2. The minimum absolute atomic E-state index is 0.0320. The average molecular weight is 392 g/mol. The van der Waals surface area contributed by atoms with Gasteiger partial charge in [0, 0.05) is 44.0 Å². The highest BCUT2D eigenvalue weighted by molar-refractivity contribution is 5.86. The quantitative estimate of drug-likeness (QED) is 0.849. The van der Waals surface area contributed by atoms with Gasteiger partial charge in [-0.25, -0.2) is 0 Å². The number of nitrogens with one attached hydrogen (secondary N) is 1. The van der Waals surface area contributed by atoms with Crippen molar-refractivity contribution in [1.82, 2.24) is 15.2 Å². The molecule has 2 amide bonds. The SMILES string of the molecule is CNC(=O)[C@]1(Cc2ccccc2-c2cccnc2)CCCN(C(=O)C2CCC2)C1. The Morgan fingerprint density at radius 1 is 1.17 bits per heavy atom. The van der Waals surface area contributed by atoms with Crippen LogP contribution in [-0.2, 0) is 16.0 Å². The molecule has 5 nitrogen and oxygen atoms in total. The van der Waals surface area contributed by atoms with Gasteiger partial charge in [-0.3, -0.25) is 14.6 Å². The Balaban J connectivity index is 1.65. The maximum atomic E-state index is 13.1. The van der Waals surface area contributed by atoms with Gasteiger partial charge in [0.1, 0.15) is 0 Å². The summed E-state index contributed by atoms with van der Waals surface area (Å²) in [6, 6.07) is 12.2. The molecule has 29 heavy (non-hydrogen) atoms. The number of pyridine rings is 1. The van der Waals surface area contributed by atoms with Gasteiger partial charge < -0.3 is 10.2 Å². The lowest BCUT2D eigenvalue weighted by Gasteiger charge is -2.43. The van der Waals surface area contributed by atoms with Crippen molar-refractivity contribution in [2.24, 2.45) is 11.3 Å². The maximum absolute atomic E-state index is 13.1. The molecule has 1 aliphatic carbocycles. The van der Waals surface area contributed by atoms with Gasteiger partial charge in [-0.15, -0.1) is 0 Å². The Kier molecular flexibility index (Phi) is 5.65. The van der Waals surface area contributed by atoms with Crippen molar-refractivity contribution >= 4 is 11.8 Å². The number of carbonyl (C=O) groups excluding carboxylic acids is 2. The van der Waals surface area contributed by atoms with E-state index < -0.39 is 5.41 Å². The first-order chi connectivity index (χ1) is 14.1. The van der Waals surface area contributed by atoms with E-state index in [4.69, 9.17) is 0 Å². The number of nitrogens with zero attached hydrogens (tertiary/aromatic N) is 2. The summed E-state index contributed by atoms with van der Waals surface area (Å²) in [7, 11) is 1.70. The maximum Gasteiger partial charge on any atom is 0.228 e. The van der Waals surface area contributed by atoms with Crippen LogP contribution in [0.1, 0.15) is 37.7 Å². The van der Waals surface area contributed by atoms with Crippen LogP contribution in [-0.4, -0.2) is 41.8 Å². The molecule has 1 aromatic heterocycles. The Morgan fingerprint density at radius 3 is 2.69 bits per heavy atom. The smallest absolute Gasteiger partial charge is 0.228 e. The van der Waals surface area contributed by atoms with E-state index in [-0.39, 0.29) is 17.7 Å². The van der Waals surface area contributed by atoms with E-state index in [0.717, 1.165) is 55.3 Å². The molecule has 0 radical (unpaired) electrons. The summed E-state index contributed by atoms with van der Waals surface area (Å²) in [5.41, 5.74) is 2.69. The molecule has 1 aromatic carbocycles. The minimum Gasteiger partial charge on any atom is -0.359 e. The zero-order valence-electron chi connectivity index (χ0n) is 17.1. The number of rotatable bonds is 5. The van der Waals surface area contributed by atoms with Crippen LogP contribution in [0.3, 0.4) is 0 Å². The second-order valence-electron chi connectivity index (χ2n) is 8.43. The zero-order valence-corrected chi connectivity index (χ0v) is 17.1. The fourth-order valence-electron chi connectivity index (χ4n) is 4.75. The Labute approximate surface area is 172 Å². The molecule has 0 bridgehead atoms. The first-order valence-electron chi connectivity index (χ1n) is 10.6. The highest BCUT2D eigenvalue weighted by Crippen LogP contribution is 2.38. The molecular formula is C24H29N3O2. The molecule has 1 N–H and O–H groups in total. The zero-order chi connectivity index (χ0) is 20.3. The van der Waals surface area contributed by atoms with Gasteiger partial charge in [0.05, 0.1) is 5.41 Å². The topological polar surface area (TPSA) is 62.3 Å². The molecule has 1 aliphatic heterocycles. The summed E-state index contributed by atoms with van der Waals surface area (Å²) in [5.74, 6) is 0.438. The summed E-state index contributed by atoms with van der Waals surface area (Å²) < 4.78 is 0. The molecule has 5 heteroatoms. The molecule has 152 valence electrons. The third-order valence-electron chi connectivity index (χ3n) is 6.57. The molecule has 4 rings (SSSR count).